The largest absolute Gasteiger partial charge is 0.269 e. The smallest absolute Gasteiger partial charge is 0.258 e. The van der Waals surface area contributed by atoms with Crippen LogP contribution >= 0.6 is 0 Å². The van der Waals surface area contributed by atoms with Crippen LogP contribution in [0, 0.1) is 10.1 Å². The van der Waals surface area contributed by atoms with E-state index in [-0.39, 0.29) is 11.2 Å². The molecule has 0 saturated heterocycles. The summed E-state index contributed by atoms with van der Waals surface area (Å²) in [6, 6.07) is 5.98. The van der Waals surface area contributed by atoms with Gasteiger partial charge in [0.2, 0.25) is 0 Å². The van der Waals surface area contributed by atoms with Crippen LogP contribution in [0.15, 0.2) is 34.5 Å². The Morgan fingerprint density at radius 2 is 1.73 bits per heavy atom. The normalized spacial score (nSPS) is 11.9. The SMILES string of the molecule is CC(C)(C)N=Nc1ccc([N+](=O)[O-])cc1. The average Bonchev–Trinajstić information content (AvgIpc) is 2.14. The molecule has 0 saturated carbocycles. The van der Waals surface area contributed by atoms with Crippen molar-refractivity contribution in [3.63, 3.8) is 0 Å². The number of nitro benzene ring substituents is 1. The minimum Gasteiger partial charge on any atom is -0.258 e. The van der Waals surface area contributed by atoms with E-state index in [2.05, 4.69) is 10.2 Å². The van der Waals surface area contributed by atoms with Crippen LogP contribution in [0.25, 0.3) is 0 Å². The van der Waals surface area contributed by atoms with Crippen LogP contribution in [0.2, 0.25) is 0 Å². The lowest BCUT2D eigenvalue weighted by Gasteiger charge is -2.08. The highest BCUT2D eigenvalue weighted by Crippen LogP contribution is 2.20. The Hall–Kier alpha value is -1.78. The third kappa shape index (κ3) is 3.84. The zero-order valence-corrected chi connectivity index (χ0v) is 8.97. The van der Waals surface area contributed by atoms with E-state index >= 15 is 0 Å². The van der Waals surface area contributed by atoms with E-state index in [4.69, 9.17) is 0 Å². The Labute approximate surface area is 88.0 Å². The number of nitrogens with zero attached hydrogens (tertiary/aromatic N) is 3. The molecule has 0 aliphatic heterocycles. The first-order valence-corrected chi connectivity index (χ1v) is 4.56. The van der Waals surface area contributed by atoms with Gasteiger partial charge in [-0.05, 0) is 32.9 Å². The molecule has 0 radical (unpaired) electrons. The highest BCUT2D eigenvalue weighted by molar-refractivity contribution is 5.43. The molecular weight excluding hydrogens is 194 g/mol. The van der Waals surface area contributed by atoms with Gasteiger partial charge < -0.3 is 0 Å². The van der Waals surface area contributed by atoms with Gasteiger partial charge in [-0.15, -0.1) is 0 Å². The molecule has 0 unspecified atom stereocenters. The van der Waals surface area contributed by atoms with E-state index in [1.54, 1.807) is 12.1 Å². The first-order valence-electron chi connectivity index (χ1n) is 4.56. The van der Waals surface area contributed by atoms with Crippen molar-refractivity contribution >= 4 is 11.4 Å². The molecule has 0 fully saturated rings. The molecule has 1 aromatic rings. The van der Waals surface area contributed by atoms with E-state index in [0.717, 1.165) is 0 Å². The highest BCUT2D eigenvalue weighted by Gasteiger charge is 2.07. The summed E-state index contributed by atoms with van der Waals surface area (Å²) in [5.41, 5.74) is 0.446. The first-order chi connectivity index (χ1) is 6.88. The summed E-state index contributed by atoms with van der Waals surface area (Å²) < 4.78 is 0. The Kier molecular flexibility index (Phi) is 3.14. The van der Waals surface area contributed by atoms with Gasteiger partial charge >= 0.3 is 0 Å². The Bertz CT molecular complexity index is 377. The number of rotatable bonds is 2. The molecule has 0 atom stereocenters. The molecule has 5 nitrogen and oxygen atoms in total. The van der Waals surface area contributed by atoms with Crippen LogP contribution in [0.1, 0.15) is 20.8 Å². The second-order valence-electron chi connectivity index (χ2n) is 4.14. The monoisotopic (exact) mass is 207 g/mol. The van der Waals surface area contributed by atoms with Crippen LogP contribution in [0.3, 0.4) is 0 Å². The minimum absolute atomic E-state index is 0.0599. The van der Waals surface area contributed by atoms with Gasteiger partial charge in [0.15, 0.2) is 0 Å². The molecule has 5 heteroatoms. The summed E-state index contributed by atoms with van der Waals surface area (Å²) in [4.78, 5) is 9.94. The summed E-state index contributed by atoms with van der Waals surface area (Å²) in [6.07, 6.45) is 0. The average molecular weight is 207 g/mol. The highest BCUT2D eigenvalue weighted by atomic mass is 16.6. The van der Waals surface area contributed by atoms with Crippen molar-refractivity contribution < 1.29 is 4.92 Å². The number of benzene rings is 1. The van der Waals surface area contributed by atoms with Gasteiger partial charge in [-0.1, -0.05) is 0 Å². The molecule has 1 aromatic carbocycles. The molecule has 0 heterocycles. The van der Waals surface area contributed by atoms with Gasteiger partial charge in [0.05, 0.1) is 16.1 Å². The van der Waals surface area contributed by atoms with E-state index < -0.39 is 4.92 Å². The van der Waals surface area contributed by atoms with E-state index in [1.165, 1.54) is 12.1 Å². The maximum absolute atomic E-state index is 10.4. The number of nitro groups is 1. The maximum Gasteiger partial charge on any atom is 0.269 e. The molecule has 0 aliphatic carbocycles. The number of azo groups is 1. The predicted molar refractivity (Wildman–Crippen MR) is 57.4 cm³/mol. The standard InChI is InChI=1S/C10H13N3O2/c1-10(2,3)12-11-8-4-6-9(7-5-8)13(14)15/h4-7H,1-3H3. The second kappa shape index (κ2) is 4.16. The number of hydrogen-bond acceptors (Lipinski definition) is 4. The molecule has 0 amide bonds. The molecule has 1 rings (SSSR count). The van der Waals surface area contributed by atoms with E-state index in [1.807, 2.05) is 20.8 Å². The molecule has 0 N–H and O–H groups in total. The lowest BCUT2D eigenvalue weighted by molar-refractivity contribution is -0.384. The Morgan fingerprint density at radius 3 is 2.13 bits per heavy atom. The minimum atomic E-state index is -0.440. The van der Waals surface area contributed by atoms with Crippen LogP contribution in [-0.4, -0.2) is 10.5 Å². The van der Waals surface area contributed by atoms with E-state index in [9.17, 15) is 10.1 Å². The lowest BCUT2D eigenvalue weighted by atomic mass is 10.1. The van der Waals surface area contributed by atoms with Gasteiger partial charge in [0.25, 0.3) is 5.69 Å². The van der Waals surface area contributed by atoms with Gasteiger partial charge in [-0.2, -0.15) is 10.2 Å². The molecule has 80 valence electrons. The fraction of sp³-hybridized carbons (Fsp3) is 0.400. The fourth-order valence-corrected chi connectivity index (χ4v) is 0.849. The summed E-state index contributed by atoms with van der Waals surface area (Å²) >= 11 is 0. The number of hydrogen-bond donors (Lipinski definition) is 0. The van der Waals surface area contributed by atoms with E-state index in [0.29, 0.717) is 5.69 Å². The molecule has 15 heavy (non-hydrogen) atoms. The van der Waals surface area contributed by atoms with Crippen LogP contribution in [0.5, 0.6) is 0 Å². The predicted octanol–water partition coefficient (Wildman–Crippen LogP) is 3.48. The summed E-state index contributed by atoms with van der Waals surface area (Å²) in [7, 11) is 0. The van der Waals surface area contributed by atoms with Crippen molar-refractivity contribution in [2.45, 2.75) is 26.3 Å². The quantitative estimate of drug-likeness (QED) is 0.423. The molecule has 0 bridgehead atoms. The maximum atomic E-state index is 10.4. The number of non-ortho nitro benzene ring substituents is 1. The summed E-state index contributed by atoms with van der Waals surface area (Å²) in [5, 5.41) is 18.4. The fourth-order valence-electron chi connectivity index (χ4n) is 0.849. The third-order valence-corrected chi connectivity index (χ3v) is 1.53. The third-order valence-electron chi connectivity index (χ3n) is 1.53. The van der Waals surface area contributed by atoms with Crippen molar-refractivity contribution in [1.29, 1.82) is 0 Å². The summed E-state index contributed by atoms with van der Waals surface area (Å²) in [5.74, 6) is 0. The molecular formula is C10H13N3O2. The lowest BCUT2D eigenvalue weighted by Crippen LogP contribution is -2.07. The zero-order valence-electron chi connectivity index (χ0n) is 8.97. The Balaban J connectivity index is 2.82. The molecule has 0 spiro atoms. The summed E-state index contributed by atoms with van der Waals surface area (Å²) in [6.45, 7) is 5.80. The molecule has 0 aliphatic rings. The van der Waals surface area contributed by atoms with Gasteiger partial charge in [-0.25, -0.2) is 0 Å². The van der Waals surface area contributed by atoms with Gasteiger partial charge in [0.1, 0.15) is 0 Å². The first kappa shape index (κ1) is 11.3. The van der Waals surface area contributed by atoms with Crippen molar-refractivity contribution in [3.8, 4) is 0 Å². The van der Waals surface area contributed by atoms with Crippen molar-refractivity contribution in [2.24, 2.45) is 10.2 Å². The van der Waals surface area contributed by atoms with Crippen molar-refractivity contribution in [1.82, 2.24) is 0 Å². The van der Waals surface area contributed by atoms with Crippen LogP contribution in [-0.2, 0) is 0 Å². The zero-order chi connectivity index (χ0) is 11.5. The van der Waals surface area contributed by atoms with Crippen molar-refractivity contribution in [2.75, 3.05) is 0 Å². The van der Waals surface area contributed by atoms with Gasteiger partial charge in [-0.3, -0.25) is 10.1 Å². The Morgan fingerprint density at radius 1 is 1.20 bits per heavy atom. The van der Waals surface area contributed by atoms with Crippen LogP contribution < -0.4 is 0 Å². The topological polar surface area (TPSA) is 67.9 Å². The van der Waals surface area contributed by atoms with Crippen molar-refractivity contribution in [3.05, 3.63) is 34.4 Å². The second-order valence-corrected chi connectivity index (χ2v) is 4.14. The molecule has 0 aromatic heterocycles. The van der Waals surface area contributed by atoms with Crippen LogP contribution in [0.4, 0.5) is 11.4 Å². The van der Waals surface area contributed by atoms with Gasteiger partial charge in [0, 0.05) is 12.1 Å².